The summed E-state index contributed by atoms with van der Waals surface area (Å²) >= 11 is 0. The fraction of sp³-hybridized carbons (Fsp3) is 0.440. The first-order valence-electron chi connectivity index (χ1n) is 10.5. The molecule has 162 valence electrons. The number of amides is 2. The van der Waals surface area contributed by atoms with Gasteiger partial charge in [0.25, 0.3) is 0 Å². The molecule has 5 heteroatoms. The number of ether oxygens (including phenoxy) is 1. The summed E-state index contributed by atoms with van der Waals surface area (Å²) in [5.74, 6) is 0.595. The number of carbonyl (C=O) groups is 2. The maximum absolute atomic E-state index is 13.4. The van der Waals surface area contributed by atoms with Gasteiger partial charge in [-0.25, -0.2) is 0 Å². The molecule has 1 N–H and O–H groups in total. The van der Waals surface area contributed by atoms with Gasteiger partial charge in [0.1, 0.15) is 11.8 Å². The van der Waals surface area contributed by atoms with Gasteiger partial charge < -0.3 is 15.0 Å². The molecule has 0 aliphatic heterocycles. The third-order valence-corrected chi connectivity index (χ3v) is 5.18. The zero-order valence-corrected chi connectivity index (χ0v) is 19.0. The van der Waals surface area contributed by atoms with E-state index in [0.717, 1.165) is 28.0 Å². The topological polar surface area (TPSA) is 58.6 Å². The number of aryl methyl sites for hydroxylation is 2. The van der Waals surface area contributed by atoms with Crippen molar-refractivity contribution in [3.63, 3.8) is 0 Å². The zero-order chi connectivity index (χ0) is 22.3. The fourth-order valence-electron chi connectivity index (χ4n) is 3.48. The molecule has 2 amide bonds. The van der Waals surface area contributed by atoms with E-state index < -0.39 is 6.04 Å². The molecule has 0 saturated carbocycles. The largest absolute Gasteiger partial charge is 0.497 e. The van der Waals surface area contributed by atoms with Crippen molar-refractivity contribution in [3.8, 4) is 5.75 Å². The van der Waals surface area contributed by atoms with Crippen molar-refractivity contribution in [3.05, 3.63) is 64.7 Å². The Hall–Kier alpha value is -2.82. The Morgan fingerprint density at radius 3 is 2.30 bits per heavy atom. The summed E-state index contributed by atoms with van der Waals surface area (Å²) < 4.78 is 5.23. The van der Waals surface area contributed by atoms with Crippen LogP contribution in [0.4, 0.5) is 0 Å². The summed E-state index contributed by atoms with van der Waals surface area (Å²) in [6.07, 6.45) is 0.822. The molecule has 0 fully saturated rings. The van der Waals surface area contributed by atoms with Crippen LogP contribution in [-0.4, -0.2) is 35.9 Å². The van der Waals surface area contributed by atoms with Crippen LogP contribution < -0.4 is 10.1 Å². The van der Waals surface area contributed by atoms with Crippen LogP contribution in [0, 0.1) is 13.8 Å². The summed E-state index contributed by atoms with van der Waals surface area (Å²) in [5, 5.41) is 2.96. The Kier molecular flexibility index (Phi) is 8.46. The number of benzene rings is 2. The molecule has 0 spiro atoms. The van der Waals surface area contributed by atoms with Gasteiger partial charge in [0, 0.05) is 12.6 Å². The standard InChI is InChI=1S/C25H34N2O3/c1-7-23(25(29)26-17(2)3)27(16-20-10-12-22(30-6)13-11-20)24(28)15-21-14-18(4)8-9-19(21)5/h8-14,17,23H,7,15-16H2,1-6H3,(H,26,29). The van der Waals surface area contributed by atoms with E-state index in [1.54, 1.807) is 12.0 Å². The molecule has 2 aromatic carbocycles. The molecule has 0 aliphatic carbocycles. The normalized spacial score (nSPS) is 11.8. The predicted octanol–water partition coefficient (Wildman–Crippen LogP) is 4.19. The van der Waals surface area contributed by atoms with Crippen LogP contribution >= 0.6 is 0 Å². The highest BCUT2D eigenvalue weighted by Crippen LogP contribution is 2.19. The van der Waals surface area contributed by atoms with E-state index in [0.29, 0.717) is 13.0 Å². The fourth-order valence-corrected chi connectivity index (χ4v) is 3.48. The average molecular weight is 411 g/mol. The van der Waals surface area contributed by atoms with Gasteiger partial charge in [0.15, 0.2) is 0 Å². The smallest absolute Gasteiger partial charge is 0.243 e. The summed E-state index contributed by atoms with van der Waals surface area (Å²) in [5.41, 5.74) is 4.16. The molecule has 1 unspecified atom stereocenters. The Balaban J connectivity index is 2.33. The van der Waals surface area contributed by atoms with E-state index in [9.17, 15) is 9.59 Å². The lowest BCUT2D eigenvalue weighted by Crippen LogP contribution is -2.50. The van der Waals surface area contributed by atoms with Crippen LogP contribution in [0.25, 0.3) is 0 Å². The van der Waals surface area contributed by atoms with Crippen molar-refractivity contribution in [1.82, 2.24) is 10.2 Å². The first-order chi connectivity index (χ1) is 14.2. The molecule has 1 atom stereocenters. The molecule has 5 nitrogen and oxygen atoms in total. The summed E-state index contributed by atoms with van der Waals surface area (Å²) in [7, 11) is 1.62. The maximum atomic E-state index is 13.4. The average Bonchev–Trinajstić information content (AvgIpc) is 2.70. The second-order valence-corrected chi connectivity index (χ2v) is 8.06. The SMILES string of the molecule is CCC(C(=O)NC(C)C)N(Cc1ccc(OC)cc1)C(=O)Cc1cc(C)ccc1C. The van der Waals surface area contributed by atoms with Crippen LogP contribution in [-0.2, 0) is 22.6 Å². The van der Waals surface area contributed by atoms with Crippen molar-refractivity contribution in [1.29, 1.82) is 0 Å². The van der Waals surface area contributed by atoms with Gasteiger partial charge in [-0.05, 0) is 62.9 Å². The van der Waals surface area contributed by atoms with Gasteiger partial charge in [-0.2, -0.15) is 0 Å². The maximum Gasteiger partial charge on any atom is 0.243 e. The van der Waals surface area contributed by atoms with Gasteiger partial charge >= 0.3 is 0 Å². The molecular formula is C25H34N2O3. The van der Waals surface area contributed by atoms with Gasteiger partial charge in [0.2, 0.25) is 11.8 Å². The minimum atomic E-state index is -0.521. The third kappa shape index (κ3) is 6.34. The van der Waals surface area contributed by atoms with Crippen molar-refractivity contribution < 1.29 is 14.3 Å². The highest BCUT2D eigenvalue weighted by atomic mass is 16.5. The molecule has 2 rings (SSSR count). The number of rotatable bonds is 9. The lowest BCUT2D eigenvalue weighted by atomic mass is 10.0. The summed E-state index contributed by atoms with van der Waals surface area (Å²) in [6, 6.07) is 13.2. The number of nitrogens with one attached hydrogen (secondary N) is 1. The first kappa shape index (κ1) is 23.5. The van der Waals surface area contributed by atoms with Crippen LogP contribution in [0.3, 0.4) is 0 Å². The minimum Gasteiger partial charge on any atom is -0.497 e. The van der Waals surface area contributed by atoms with E-state index in [-0.39, 0.29) is 24.3 Å². The molecule has 0 bridgehead atoms. The predicted molar refractivity (Wildman–Crippen MR) is 121 cm³/mol. The molecule has 0 aliphatic rings. The Morgan fingerprint density at radius 1 is 1.07 bits per heavy atom. The number of nitrogens with zero attached hydrogens (tertiary/aromatic N) is 1. The minimum absolute atomic E-state index is 0.0171. The number of methoxy groups -OCH3 is 1. The van der Waals surface area contributed by atoms with Crippen LogP contribution in [0.2, 0.25) is 0 Å². The molecule has 2 aromatic rings. The number of hydrogen-bond acceptors (Lipinski definition) is 3. The quantitative estimate of drug-likeness (QED) is 0.674. The van der Waals surface area contributed by atoms with Crippen molar-refractivity contribution in [2.75, 3.05) is 7.11 Å². The Labute approximate surface area is 180 Å². The van der Waals surface area contributed by atoms with E-state index in [2.05, 4.69) is 5.32 Å². The molecule has 0 radical (unpaired) electrons. The van der Waals surface area contributed by atoms with Crippen LogP contribution in [0.1, 0.15) is 49.4 Å². The molecule has 0 heterocycles. The number of carbonyl (C=O) groups excluding carboxylic acids is 2. The highest BCUT2D eigenvalue weighted by molar-refractivity contribution is 5.88. The molecular weight excluding hydrogens is 376 g/mol. The van der Waals surface area contributed by atoms with Crippen molar-refractivity contribution >= 4 is 11.8 Å². The zero-order valence-electron chi connectivity index (χ0n) is 19.0. The van der Waals surface area contributed by atoms with E-state index >= 15 is 0 Å². The van der Waals surface area contributed by atoms with Gasteiger partial charge in [-0.15, -0.1) is 0 Å². The van der Waals surface area contributed by atoms with Crippen molar-refractivity contribution in [2.24, 2.45) is 0 Å². The van der Waals surface area contributed by atoms with E-state index in [4.69, 9.17) is 4.74 Å². The second-order valence-electron chi connectivity index (χ2n) is 8.06. The second kappa shape index (κ2) is 10.8. The molecule has 0 saturated heterocycles. The van der Waals surface area contributed by atoms with Gasteiger partial charge in [-0.1, -0.05) is 42.8 Å². The molecule has 30 heavy (non-hydrogen) atoms. The van der Waals surface area contributed by atoms with E-state index in [1.807, 2.05) is 77.1 Å². The lowest BCUT2D eigenvalue weighted by Gasteiger charge is -2.31. The third-order valence-electron chi connectivity index (χ3n) is 5.18. The Bertz CT molecular complexity index is 859. The van der Waals surface area contributed by atoms with Gasteiger partial charge in [0.05, 0.1) is 13.5 Å². The summed E-state index contributed by atoms with van der Waals surface area (Å²) in [6.45, 7) is 10.2. The Morgan fingerprint density at radius 2 is 1.73 bits per heavy atom. The number of hydrogen-bond donors (Lipinski definition) is 1. The van der Waals surface area contributed by atoms with Crippen LogP contribution in [0.5, 0.6) is 5.75 Å². The monoisotopic (exact) mass is 410 g/mol. The van der Waals surface area contributed by atoms with Crippen molar-refractivity contribution in [2.45, 2.75) is 66.1 Å². The lowest BCUT2D eigenvalue weighted by molar-refractivity contribution is -0.141. The molecule has 0 aromatic heterocycles. The van der Waals surface area contributed by atoms with Gasteiger partial charge in [-0.3, -0.25) is 9.59 Å². The first-order valence-corrected chi connectivity index (χ1v) is 10.5. The van der Waals surface area contributed by atoms with Crippen LogP contribution in [0.15, 0.2) is 42.5 Å². The summed E-state index contributed by atoms with van der Waals surface area (Å²) in [4.78, 5) is 28.0. The van der Waals surface area contributed by atoms with E-state index in [1.165, 1.54) is 0 Å². The highest BCUT2D eigenvalue weighted by Gasteiger charge is 2.29.